The molecule has 0 fully saturated rings. The summed E-state index contributed by atoms with van der Waals surface area (Å²) in [5.74, 6) is 0.159. The van der Waals surface area contributed by atoms with Gasteiger partial charge in [-0.1, -0.05) is 5.16 Å². The van der Waals surface area contributed by atoms with Crippen molar-refractivity contribution in [3.8, 4) is 5.75 Å². The molecule has 0 heterocycles. The minimum atomic E-state index is -0.400. The van der Waals surface area contributed by atoms with Gasteiger partial charge in [-0.05, 0) is 36.8 Å². The Balaban J connectivity index is 2.46. The minimum absolute atomic E-state index is 0.110. The zero-order chi connectivity index (χ0) is 11.8. The summed E-state index contributed by atoms with van der Waals surface area (Å²) in [6.45, 7) is 1.97. The highest BCUT2D eigenvalue weighted by atomic mass is 16.6. The van der Waals surface area contributed by atoms with Crippen molar-refractivity contribution in [3.05, 3.63) is 29.8 Å². The van der Waals surface area contributed by atoms with Crippen LogP contribution in [0.2, 0.25) is 0 Å². The molecule has 1 aromatic carbocycles. The zero-order valence-corrected chi connectivity index (χ0v) is 8.92. The number of ether oxygens (including phenoxy) is 2. The van der Waals surface area contributed by atoms with Crippen LogP contribution in [0.5, 0.6) is 5.75 Å². The van der Waals surface area contributed by atoms with Crippen LogP contribution in [0.25, 0.3) is 0 Å². The highest BCUT2D eigenvalue weighted by molar-refractivity contribution is 5.79. The number of nitrogens with zero attached hydrogens (tertiary/aromatic N) is 1. The lowest BCUT2D eigenvalue weighted by Crippen LogP contribution is -2.14. The Morgan fingerprint density at radius 1 is 1.44 bits per heavy atom. The molecule has 0 saturated carbocycles. The Morgan fingerprint density at radius 2 is 2.12 bits per heavy atom. The van der Waals surface area contributed by atoms with Crippen molar-refractivity contribution in [1.29, 1.82) is 0 Å². The van der Waals surface area contributed by atoms with Gasteiger partial charge < -0.3 is 14.7 Å². The molecule has 5 nitrogen and oxygen atoms in total. The molecule has 0 saturated heterocycles. The standard InChI is InChI=1S/C11H13NO4/c1-2-15-11(13)8-16-10-5-3-9(4-6-10)7-12-14/h3-7,14H,2,8H2,1H3/b12-7+. The van der Waals surface area contributed by atoms with Gasteiger partial charge in [0.2, 0.25) is 0 Å². The van der Waals surface area contributed by atoms with Crippen LogP contribution in [0.3, 0.4) is 0 Å². The first kappa shape index (κ1) is 12.0. The van der Waals surface area contributed by atoms with E-state index < -0.39 is 5.97 Å². The van der Waals surface area contributed by atoms with Gasteiger partial charge in [-0.2, -0.15) is 0 Å². The number of benzene rings is 1. The number of rotatable bonds is 5. The van der Waals surface area contributed by atoms with E-state index in [1.165, 1.54) is 6.21 Å². The van der Waals surface area contributed by atoms with Crippen LogP contribution in [0.1, 0.15) is 12.5 Å². The third-order valence-electron chi connectivity index (χ3n) is 1.75. The van der Waals surface area contributed by atoms with Crippen molar-refractivity contribution in [3.63, 3.8) is 0 Å². The van der Waals surface area contributed by atoms with Gasteiger partial charge in [-0.3, -0.25) is 0 Å². The predicted octanol–water partition coefficient (Wildman–Crippen LogP) is 1.44. The summed E-state index contributed by atoms with van der Waals surface area (Å²) in [4.78, 5) is 11.0. The average molecular weight is 223 g/mol. The number of oxime groups is 1. The van der Waals surface area contributed by atoms with Crippen molar-refractivity contribution in [1.82, 2.24) is 0 Å². The predicted molar refractivity (Wildman–Crippen MR) is 58.0 cm³/mol. The Labute approximate surface area is 93.3 Å². The first-order valence-corrected chi connectivity index (χ1v) is 4.82. The highest BCUT2D eigenvalue weighted by Crippen LogP contribution is 2.10. The van der Waals surface area contributed by atoms with Gasteiger partial charge in [-0.15, -0.1) is 0 Å². The minimum Gasteiger partial charge on any atom is -0.482 e. The molecular weight excluding hydrogens is 210 g/mol. The molecule has 0 atom stereocenters. The molecule has 0 radical (unpaired) electrons. The molecule has 5 heteroatoms. The molecule has 0 aromatic heterocycles. The molecule has 86 valence electrons. The van der Waals surface area contributed by atoms with E-state index in [4.69, 9.17) is 14.7 Å². The normalized spacial score (nSPS) is 10.3. The molecule has 0 aliphatic carbocycles. The van der Waals surface area contributed by atoms with E-state index in [0.717, 1.165) is 5.56 Å². The molecule has 16 heavy (non-hydrogen) atoms. The van der Waals surface area contributed by atoms with E-state index >= 15 is 0 Å². The molecule has 1 rings (SSSR count). The summed E-state index contributed by atoms with van der Waals surface area (Å²) in [6.07, 6.45) is 1.30. The monoisotopic (exact) mass is 223 g/mol. The molecule has 0 aliphatic heterocycles. The van der Waals surface area contributed by atoms with E-state index in [-0.39, 0.29) is 6.61 Å². The molecule has 0 amide bonds. The van der Waals surface area contributed by atoms with Crippen LogP contribution in [-0.2, 0) is 9.53 Å². The number of hydrogen-bond donors (Lipinski definition) is 1. The van der Waals surface area contributed by atoms with Crippen LogP contribution in [0.4, 0.5) is 0 Å². The summed E-state index contributed by atoms with van der Waals surface area (Å²) in [5.41, 5.74) is 0.742. The topological polar surface area (TPSA) is 68.1 Å². The molecule has 0 unspecified atom stereocenters. The zero-order valence-electron chi connectivity index (χ0n) is 8.92. The Morgan fingerprint density at radius 3 is 2.69 bits per heavy atom. The van der Waals surface area contributed by atoms with Crippen LogP contribution in [0, 0.1) is 0 Å². The lowest BCUT2D eigenvalue weighted by atomic mass is 10.2. The van der Waals surface area contributed by atoms with E-state index in [1.54, 1.807) is 31.2 Å². The highest BCUT2D eigenvalue weighted by Gasteiger charge is 2.02. The van der Waals surface area contributed by atoms with Crippen LogP contribution in [0.15, 0.2) is 29.4 Å². The third-order valence-corrected chi connectivity index (χ3v) is 1.75. The van der Waals surface area contributed by atoms with Gasteiger partial charge in [0.1, 0.15) is 5.75 Å². The molecule has 0 bridgehead atoms. The van der Waals surface area contributed by atoms with Crippen molar-refractivity contribution < 1.29 is 19.5 Å². The fraction of sp³-hybridized carbons (Fsp3) is 0.273. The Bertz CT molecular complexity index is 359. The molecule has 0 spiro atoms. The van der Waals surface area contributed by atoms with Crippen LogP contribution >= 0.6 is 0 Å². The fourth-order valence-electron chi connectivity index (χ4n) is 1.06. The van der Waals surface area contributed by atoms with Crippen LogP contribution in [-0.4, -0.2) is 30.6 Å². The summed E-state index contributed by atoms with van der Waals surface area (Å²) >= 11 is 0. The smallest absolute Gasteiger partial charge is 0.344 e. The number of carbonyl (C=O) groups excluding carboxylic acids is 1. The van der Waals surface area contributed by atoms with Crippen molar-refractivity contribution in [2.75, 3.05) is 13.2 Å². The second-order valence-electron chi connectivity index (χ2n) is 2.91. The number of hydrogen-bond acceptors (Lipinski definition) is 5. The second-order valence-corrected chi connectivity index (χ2v) is 2.91. The van der Waals surface area contributed by atoms with Gasteiger partial charge in [-0.25, -0.2) is 4.79 Å². The van der Waals surface area contributed by atoms with Crippen molar-refractivity contribution in [2.45, 2.75) is 6.92 Å². The maximum absolute atomic E-state index is 11.0. The quantitative estimate of drug-likeness (QED) is 0.355. The summed E-state index contributed by atoms with van der Waals surface area (Å²) in [7, 11) is 0. The molecular formula is C11H13NO4. The van der Waals surface area contributed by atoms with Gasteiger partial charge in [0.25, 0.3) is 0 Å². The van der Waals surface area contributed by atoms with E-state index in [1.807, 2.05) is 0 Å². The Kier molecular flexibility index (Phi) is 4.85. The summed E-state index contributed by atoms with van der Waals surface area (Å²) in [5, 5.41) is 11.2. The first-order chi connectivity index (χ1) is 7.76. The van der Waals surface area contributed by atoms with Crippen LogP contribution < -0.4 is 4.74 Å². The Hall–Kier alpha value is -2.04. The molecule has 1 aromatic rings. The molecule has 1 N–H and O–H groups in total. The number of esters is 1. The fourth-order valence-corrected chi connectivity index (χ4v) is 1.06. The number of carbonyl (C=O) groups is 1. The van der Waals surface area contributed by atoms with E-state index in [2.05, 4.69) is 5.16 Å². The van der Waals surface area contributed by atoms with Gasteiger partial charge in [0.05, 0.1) is 12.8 Å². The maximum atomic E-state index is 11.0. The summed E-state index contributed by atoms with van der Waals surface area (Å²) < 4.78 is 9.88. The average Bonchev–Trinajstić information content (AvgIpc) is 2.29. The maximum Gasteiger partial charge on any atom is 0.344 e. The second kappa shape index (κ2) is 6.44. The van der Waals surface area contributed by atoms with E-state index in [9.17, 15) is 4.79 Å². The van der Waals surface area contributed by atoms with Crippen molar-refractivity contribution >= 4 is 12.2 Å². The molecule has 0 aliphatic rings. The van der Waals surface area contributed by atoms with Crippen molar-refractivity contribution in [2.24, 2.45) is 5.16 Å². The first-order valence-electron chi connectivity index (χ1n) is 4.82. The van der Waals surface area contributed by atoms with Gasteiger partial charge >= 0.3 is 5.97 Å². The van der Waals surface area contributed by atoms with Gasteiger partial charge in [0, 0.05) is 0 Å². The third kappa shape index (κ3) is 4.00. The lowest BCUT2D eigenvalue weighted by Gasteiger charge is -2.05. The van der Waals surface area contributed by atoms with Gasteiger partial charge in [0.15, 0.2) is 6.61 Å². The van der Waals surface area contributed by atoms with E-state index in [0.29, 0.717) is 12.4 Å². The SMILES string of the molecule is CCOC(=O)COc1ccc(/C=N/O)cc1. The summed E-state index contributed by atoms with van der Waals surface area (Å²) in [6, 6.07) is 6.77. The lowest BCUT2D eigenvalue weighted by molar-refractivity contribution is -0.145. The largest absolute Gasteiger partial charge is 0.482 e.